The molecule has 0 atom stereocenters. The van der Waals surface area contributed by atoms with Crippen molar-refractivity contribution in [1.82, 2.24) is 0 Å². The van der Waals surface area contributed by atoms with E-state index in [-0.39, 0.29) is 6.29 Å². The largest absolute Gasteiger partial charge is 0.353 e. The lowest BCUT2D eigenvalue weighted by Gasteiger charge is -2.22. The minimum atomic E-state index is 0.0185. The highest BCUT2D eigenvalue weighted by atomic mass is 16.7. The highest BCUT2D eigenvalue weighted by Gasteiger charge is 2.12. The molecule has 0 unspecified atom stereocenters. The van der Waals surface area contributed by atoms with Gasteiger partial charge in [0, 0.05) is 19.6 Å². The molecule has 0 aromatic rings. The van der Waals surface area contributed by atoms with Gasteiger partial charge in [-0.15, -0.1) is 0 Å². The van der Waals surface area contributed by atoms with Crippen LogP contribution in [0.1, 0.15) is 38.5 Å². The summed E-state index contributed by atoms with van der Waals surface area (Å²) in [6.45, 7) is 1.55. The third-order valence-electron chi connectivity index (χ3n) is 2.16. The van der Waals surface area contributed by atoms with Crippen LogP contribution in [-0.2, 0) is 14.3 Å². The van der Waals surface area contributed by atoms with E-state index in [1.165, 1.54) is 6.42 Å². The predicted molar refractivity (Wildman–Crippen MR) is 49.5 cm³/mol. The number of hydrogen-bond donors (Lipinski definition) is 0. The van der Waals surface area contributed by atoms with Gasteiger partial charge in [-0.1, -0.05) is 0 Å². The summed E-state index contributed by atoms with van der Waals surface area (Å²) in [7, 11) is 0. The van der Waals surface area contributed by atoms with Crippen molar-refractivity contribution < 1.29 is 14.3 Å². The number of ether oxygens (including phenoxy) is 2. The maximum Gasteiger partial charge on any atom is 0.157 e. The first kappa shape index (κ1) is 10.7. The lowest BCUT2D eigenvalue weighted by Crippen LogP contribution is -2.22. The molecule has 13 heavy (non-hydrogen) atoms. The van der Waals surface area contributed by atoms with Crippen LogP contribution in [-0.4, -0.2) is 25.8 Å². The summed E-state index contributed by atoms with van der Waals surface area (Å²) in [5.74, 6) is 0. The van der Waals surface area contributed by atoms with Gasteiger partial charge in [-0.05, 0) is 32.1 Å². The summed E-state index contributed by atoms with van der Waals surface area (Å²) in [6.07, 6.45) is 6.89. The molecule has 1 heterocycles. The SMILES string of the molecule is O=CCCCCOC1CCCCO1. The fraction of sp³-hybridized carbons (Fsp3) is 0.900. The second-order valence-electron chi connectivity index (χ2n) is 3.33. The molecule has 1 aliphatic heterocycles. The summed E-state index contributed by atoms with van der Waals surface area (Å²) < 4.78 is 10.9. The zero-order valence-corrected chi connectivity index (χ0v) is 8.04. The third kappa shape index (κ3) is 5.01. The Morgan fingerprint density at radius 2 is 2.31 bits per heavy atom. The number of rotatable bonds is 6. The van der Waals surface area contributed by atoms with E-state index < -0.39 is 0 Å². The van der Waals surface area contributed by atoms with E-state index in [9.17, 15) is 4.79 Å². The quantitative estimate of drug-likeness (QED) is 0.469. The molecule has 3 heteroatoms. The van der Waals surface area contributed by atoms with Crippen LogP contribution in [0.3, 0.4) is 0 Å². The van der Waals surface area contributed by atoms with Gasteiger partial charge in [-0.3, -0.25) is 0 Å². The van der Waals surface area contributed by atoms with Gasteiger partial charge in [-0.2, -0.15) is 0 Å². The average molecular weight is 186 g/mol. The Labute approximate surface area is 79.4 Å². The molecule has 0 saturated carbocycles. The molecule has 1 fully saturated rings. The van der Waals surface area contributed by atoms with Gasteiger partial charge in [0.1, 0.15) is 6.29 Å². The number of carbonyl (C=O) groups is 1. The minimum Gasteiger partial charge on any atom is -0.353 e. The first-order chi connectivity index (χ1) is 6.43. The minimum absolute atomic E-state index is 0.0185. The van der Waals surface area contributed by atoms with Gasteiger partial charge in [0.25, 0.3) is 0 Å². The van der Waals surface area contributed by atoms with E-state index >= 15 is 0 Å². The molecule has 0 aromatic carbocycles. The standard InChI is InChI=1S/C10H18O3/c11-7-3-1-4-8-12-10-6-2-5-9-13-10/h7,10H,1-6,8-9H2. The maximum atomic E-state index is 10.0. The lowest BCUT2D eigenvalue weighted by atomic mass is 10.2. The van der Waals surface area contributed by atoms with E-state index in [0.29, 0.717) is 6.42 Å². The first-order valence-corrected chi connectivity index (χ1v) is 5.10. The molecule has 0 amide bonds. The average Bonchev–Trinajstić information content (AvgIpc) is 2.19. The lowest BCUT2D eigenvalue weighted by molar-refractivity contribution is -0.162. The number of hydrogen-bond acceptors (Lipinski definition) is 3. The number of unbranched alkanes of at least 4 members (excludes halogenated alkanes) is 2. The van der Waals surface area contributed by atoms with Crippen molar-refractivity contribution in [2.45, 2.75) is 44.8 Å². The Balaban J connectivity index is 1.89. The van der Waals surface area contributed by atoms with Crippen LogP contribution >= 0.6 is 0 Å². The van der Waals surface area contributed by atoms with Crippen LogP contribution in [0.4, 0.5) is 0 Å². The summed E-state index contributed by atoms with van der Waals surface area (Å²) in [6, 6.07) is 0. The second-order valence-corrected chi connectivity index (χ2v) is 3.33. The van der Waals surface area contributed by atoms with Crippen molar-refractivity contribution in [3.8, 4) is 0 Å². The zero-order valence-electron chi connectivity index (χ0n) is 8.04. The fourth-order valence-electron chi connectivity index (χ4n) is 1.39. The summed E-state index contributed by atoms with van der Waals surface area (Å²) in [5, 5.41) is 0. The molecule has 0 aromatic heterocycles. The Morgan fingerprint density at radius 1 is 1.38 bits per heavy atom. The van der Waals surface area contributed by atoms with Crippen LogP contribution in [0.5, 0.6) is 0 Å². The smallest absolute Gasteiger partial charge is 0.157 e. The summed E-state index contributed by atoms with van der Waals surface area (Å²) in [5.41, 5.74) is 0. The van der Waals surface area contributed by atoms with Crippen molar-refractivity contribution in [3.05, 3.63) is 0 Å². The predicted octanol–water partition coefficient (Wildman–Crippen LogP) is 1.90. The Kier molecular flexibility index (Phi) is 5.78. The molecule has 3 nitrogen and oxygen atoms in total. The maximum absolute atomic E-state index is 10.0. The molecule has 1 saturated heterocycles. The van der Waals surface area contributed by atoms with Gasteiger partial charge < -0.3 is 14.3 Å². The van der Waals surface area contributed by atoms with E-state index in [2.05, 4.69) is 0 Å². The molecular formula is C10H18O3. The number of aldehydes is 1. The van der Waals surface area contributed by atoms with Crippen molar-refractivity contribution in [2.24, 2.45) is 0 Å². The molecule has 1 aliphatic rings. The van der Waals surface area contributed by atoms with Gasteiger partial charge in [-0.25, -0.2) is 0 Å². The van der Waals surface area contributed by atoms with Gasteiger partial charge in [0.05, 0.1) is 0 Å². The van der Waals surface area contributed by atoms with Crippen LogP contribution in [0.15, 0.2) is 0 Å². The first-order valence-electron chi connectivity index (χ1n) is 5.10. The Hall–Kier alpha value is -0.410. The van der Waals surface area contributed by atoms with E-state index in [0.717, 1.165) is 45.2 Å². The van der Waals surface area contributed by atoms with Gasteiger partial charge in [0.2, 0.25) is 0 Å². The van der Waals surface area contributed by atoms with Crippen molar-refractivity contribution in [2.75, 3.05) is 13.2 Å². The molecular weight excluding hydrogens is 168 g/mol. The highest BCUT2D eigenvalue weighted by molar-refractivity contribution is 5.48. The molecule has 0 spiro atoms. The fourth-order valence-corrected chi connectivity index (χ4v) is 1.39. The van der Waals surface area contributed by atoms with E-state index in [4.69, 9.17) is 9.47 Å². The van der Waals surface area contributed by atoms with E-state index in [1.807, 2.05) is 0 Å². The Morgan fingerprint density at radius 3 is 3.00 bits per heavy atom. The normalized spacial score (nSPS) is 22.9. The summed E-state index contributed by atoms with van der Waals surface area (Å²) >= 11 is 0. The van der Waals surface area contributed by atoms with Crippen LogP contribution < -0.4 is 0 Å². The monoisotopic (exact) mass is 186 g/mol. The van der Waals surface area contributed by atoms with Crippen LogP contribution in [0.25, 0.3) is 0 Å². The molecule has 76 valence electrons. The van der Waals surface area contributed by atoms with Crippen molar-refractivity contribution >= 4 is 6.29 Å². The molecule has 0 aliphatic carbocycles. The highest BCUT2D eigenvalue weighted by Crippen LogP contribution is 2.13. The molecule has 1 rings (SSSR count). The van der Waals surface area contributed by atoms with Crippen molar-refractivity contribution in [3.63, 3.8) is 0 Å². The number of carbonyl (C=O) groups excluding carboxylic acids is 1. The zero-order chi connectivity index (χ0) is 9.36. The topological polar surface area (TPSA) is 35.5 Å². The van der Waals surface area contributed by atoms with Gasteiger partial charge in [0.15, 0.2) is 6.29 Å². The third-order valence-corrected chi connectivity index (χ3v) is 2.16. The van der Waals surface area contributed by atoms with Gasteiger partial charge >= 0.3 is 0 Å². The molecule has 0 radical (unpaired) electrons. The molecule has 0 bridgehead atoms. The Bertz CT molecular complexity index is 130. The van der Waals surface area contributed by atoms with Crippen LogP contribution in [0, 0.1) is 0 Å². The second kappa shape index (κ2) is 7.04. The van der Waals surface area contributed by atoms with Crippen molar-refractivity contribution in [1.29, 1.82) is 0 Å². The molecule has 0 N–H and O–H groups in total. The summed E-state index contributed by atoms with van der Waals surface area (Å²) in [4.78, 5) is 10.0. The van der Waals surface area contributed by atoms with Crippen LogP contribution in [0.2, 0.25) is 0 Å². The van der Waals surface area contributed by atoms with E-state index in [1.54, 1.807) is 0 Å².